The first kappa shape index (κ1) is 13.1. The van der Waals surface area contributed by atoms with Gasteiger partial charge in [0.05, 0.1) is 12.8 Å². The number of aromatic nitrogens is 2. The SMILES string of the molecule is COCC(C)NS(=O)(=O)c1[nH]ncc1CN. The molecule has 0 saturated carbocycles. The van der Waals surface area contributed by atoms with Crippen LogP contribution < -0.4 is 10.5 Å². The molecule has 0 radical (unpaired) electrons. The molecule has 0 aliphatic heterocycles. The van der Waals surface area contributed by atoms with Crippen molar-refractivity contribution in [1.82, 2.24) is 14.9 Å². The number of sulfonamides is 1. The summed E-state index contributed by atoms with van der Waals surface area (Å²) in [6.07, 6.45) is 1.40. The highest BCUT2D eigenvalue weighted by Crippen LogP contribution is 2.11. The number of H-pyrrole nitrogens is 1. The average molecular weight is 248 g/mol. The second-order valence-electron chi connectivity index (χ2n) is 3.41. The standard InChI is InChI=1S/C8H16N4O3S/c1-6(5-15-2)12-16(13,14)8-7(3-9)4-10-11-8/h4,6,12H,3,5,9H2,1-2H3,(H,10,11). The van der Waals surface area contributed by atoms with Gasteiger partial charge in [-0.15, -0.1) is 0 Å². The van der Waals surface area contributed by atoms with E-state index in [4.69, 9.17) is 10.5 Å². The second kappa shape index (κ2) is 5.39. The van der Waals surface area contributed by atoms with E-state index in [1.165, 1.54) is 13.3 Å². The molecule has 92 valence electrons. The van der Waals surface area contributed by atoms with Gasteiger partial charge in [0, 0.05) is 25.3 Å². The largest absolute Gasteiger partial charge is 0.383 e. The highest BCUT2D eigenvalue weighted by atomic mass is 32.2. The highest BCUT2D eigenvalue weighted by Gasteiger charge is 2.22. The molecule has 1 heterocycles. The first-order valence-electron chi connectivity index (χ1n) is 4.75. The van der Waals surface area contributed by atoms with Crippen molar-refractivity contribution in [3.63, 3.8) is 0 Å². The van der Waals surface area contributed by atoms with Crippen LogP contribution in [-0.4, -0.2) is 38.4 Å². The Bertz CT molecular complexity index is 428. The normalized spacial score (nSPS) is 13.9. The van der Waals surface area contributed by atoms with Crippen molar-refractivity contribution in [2.75, 3.05) is 13.7 Å². The van der Waals surface area contributed by atoms with Gasteiger partial charge >= 0.3 is 0 Å². The Morgan fingerprint density at radius 1 is 1.69 bits per heavy atom. The molecule has 7 nitrogen and oxygen atoms in total. The molecular formula is C8H16N4O3S. The van der Waals surface area contributed by atoms with Crippen LogP contribution in [-0.2, 0) is 21.3 Å². The smallest absolute Gasteiger partial charge is 0.258 e. The molecule has 1 aromatic heterocycles. The molecule has 0 saturated heterocycles. The number of nitrogens with two attached hydrogens (primary N) is 1. The van der Waals surface area contributed by atoms with Gasteiger partial charge in [-0.1, -0.05) is 0 Å². The van der Waals surface area contributed by atoms with Crippen LogP contribution in [0.4, 0.5) is 0 Å². The average Bonchev–Trinajstić information content (AvgIpc) is 2.65. The van der Waals surface area contributed by atoms with Crippen LogP contribution in [0.2, 0.25) is 0 Å². The molecule has 4 N–H and O–H groups in total. The minimum absolute atomic E-state index is 0.0120. The van der Waals surface area contributed by atoms with Gasteiger partial charge in [0.2, 0.25) is 0 Å². The van der Waals surface area contributed by atoms with Crippen molar-refractivity contribution >= 4 is 10.0 Å². The van der Waals surface area contributed by atoms with Crippen LogP contribution in [0.25, 0.3) is 0 Å². The van der Waals surface area contributed by atoms with Crippen LogP contribution in [0.5, 0.6) is 0 Å². The molecule has 0 fully saturated rings. The summed E-state index contributed by atoms with van der Waals surface area (Å²) in [6, 6.07) is -0.316. The molecule has 1 unspecified atom stereocenters. The fourth-order valence-electron chi connectivity index (χ4n) is 1.29. The topological polar surface area (TPSA) is 110 Å². The summed E-state index contributed by atoms with van der Waals surface area (Å²) in [6.45, 7) is 2.12. The molecule has 1 aromatic rings. The third-order valence-corrected chi connectivity index (χ3v) is 3.54. The molecular weight excluding hydrogens is 232 g/mol. The second-order valence-corrected chi connectivity index (χ2v) is 5.06. The van der Waals surface area contributed by atoms with Gasteiger partial charge < -0.3 is 10.5 Å². The first-order valence-corrected chi connectivity index (χ1v) is 6.23. The number of aromatic amines is 1. The Morgan fingerprint density at radius 3 is 2.94 bits per heavy atom. The van der Waals surface area contributed by atoms with Gasteiger partial charge in [-0.05, 0) is 6.92 Å². The van der Waals surface area contributed by atoms with Crippen LogP contribution in [0, 0.1) is 0 Å². The maximum Gasteiger partial charge on any atom is 0.258 e. The zero-order chi connectivity index (χ0) is 12.2. The number of ether oxygens (including phenoxy) is 1. The van der Waals surface area contributed by atoms with Crippen molar-refractivity contribution in [1.29, 1.82) is 0 Å². The number of hydrogen-bond donors (Lipinski definition) is 3. The predicted octanol–water partition coefficient (Wildman–Crippen LogP) is -0.818. The first-order chi connectivity index (χ1) is 7.51. The number of nitrogens with one attached hydrogen (secondary N) is 2. The Hall–Kier alpha value is -0.960. The van der Waals surface area contributed by atoms with Gasteiger partial charge in [-0.2, -0.15) is 5.10 Å². The molecule has 8 heteroatoms. The van der Waals surface area contributed by atoms with E-state index in [-0.39, 0.29) is 17.6 Å². The summed E-state index contributed by atoms with van der Waals surface area (Å²) in [5.41, 5.74) is 5.86. The Kier molecular flexibility index (Phi) is 4.42. The van der Waals surface area contributed by atoms with Crippen molar-refractivity contribution in [2.45, 2.75) is 24.5 Å². The van der Waals surface area contributed by atoms with E-state index in [1.54, 1.807) is 6.92 Å². The minimum Gasteiger partial charge on any atom is -0.383 e. The maximum absolute atomic E-state index is 11.9. The Morgan fingerprint density at radius 2 is 2.38 bits per heavy atom. The van der Waals surface area contributed by atoms with Crippen molar-refractivity contribution in [2.24, 2.45) is 5.73 Å². The molecule has 16 heavy (non-hydrogen) atoms. The molecule has 0 amide bonds. The van der Waals surface area contributed by atoms with E-state index >= 15 is 0 Å². The lowest BCUT2D eigenvalue weighted by Crippen LogP contribution is -2.36. The fraction of sp³-hybridized carbons (Fsp3) is 0.625. The fourth-order valence-corrected chi connectivity index (χ4v) is 2.65. The predicted molar refractivity (Wildman–Crippen MR) is 58.1 cm³/mol. The van der Waals surface area contributed by atoms with E-state index < -0.39 is 10.0 Å². The number of nitrogens with zero attached hydrogens (tertiary/aromatic N) is 1. The van der Waals surface area contributed by atoms with Crippen LogP contribution in [0.3, 0.4) is 0 Å². The van der Waals surface area contributed by atoms with Gasteiger partial charge in [0.1, 0.15) is 0 Å². The summed E-state index contributed by atoms with van der Waals surface area (Å²) in [4.78, 5) is 0. The number of methoxy groups -OCH3 is 1. The van der Waals surface area contributed by atoms with E-state index in [2.05, 4.69) is 14.9 Å². The van der Waals surface area contributed by atoms with E-state index in [1.807, 2.05) is 0 Å². The molecule has 0 bridgehead atoms. The van der Waals surface area contributed by atoms with Crippen LogP contribution in [0.1, 0.15) is 12.5 Å². The quantitative estimate of drug-likeness (QED) is 0.609. The van der Waals surface area contributed by atoms with E-state index in [0.29, 0.717) is 12.2 Å². The summed E-state index contributed by atoms with van der Waals surface area (Å²) in [7, 11) is -2.10. The Balaban J connectivity index is 2.86. The van der Waals surface area contributed by atoms with Crippen LogP contribution >= 0.6 is 0 Å². The van der Waals surface area contributed by atoms with E-state index in [9.17, 15) is 8.42 Å². The maximum atomic E-state index is 11.9. The lowest BCUT2D eigenvalue weighted by Gasteiger charge is -2.12. The minimum atomic E-state index is -3.61. The number of hydrogen-bond acceptors (Lipinski definition) is 5. The molecule has 0 aromatic carbocycles. The lowest BCUT2D eigenvalue weighted by atomic mass is 10.4. The van der Waals surface area contributed by atoms with Gasteiger partial charge in [-0.25, -0.2) is 13.1 Å². The zero-order valence-electron chi connectivity index (χ0n) is 9.23. The van der Waals surface area contributed by atoms with Crippen molar-refractivity contribution in [3.05, 3.63) is 11.8 Å². The van der Waals surface area contributed by atoms with Crippen molar-refractivity contribution < 1.29 is 13.2 Å². The molecule has 0 spiro atoms. The highest BCUT2D eigenvalue weighted by molar-refractivity contribution is 7.89. The summed E-state index contributed by atoms with van der Waals surface area (Å²) in [5.74, 6) is 0. The monoisotopic (exact) mass is 248 g/mol. The van der Waals surface area contributed by atoms with Gasteiger partial charge in [-0.3, -0.25) is 5.10 Å². The summed E-state index contributed by atoms with van der Waals surface area (Å²) >= 11 is 0. The van der Waals surface area contributed by atoms with Gasteiger partial charge in [0.25, 0.3) is 10.0 Å². The molecule has 1 atom stereocenters. The third-order valence-electron chi connectivity index (χ3n) is 1.94. The van der Waals surface area contributed by atoms with Crippen molar-refractivity contribution in [3.8, 4) is 0 Å². The molecule has 0 aliphatic carbocycles. The van der Waals surface area contributed by atoms with Gasteiger partial charge in [0.15, 0.2) is 5.03 Å². The summed E-state index contributed by atoms with van der Waals surface area (Å²) in [5, 5.41) is 6.09. The summed E-state index contributed by atoms with van der Waals surface area (Å²) < 4.78 is 31.0. The Labute approximate surface area is 94.4 Å². The molecule has 0 aliphatic rings. The van der Waals surface area contributed by atoms with Crippen LogP contribution in [0.15, 0.2) is 11.2 Å². The zero-order valence-corrected chi connectivity index (χ0v) is 10.0. The lowest BCUT2D eigenvalue weighted by molar-refractivity contribution is 0.180. The van der Waals surface area contributed by atoms with E-state index in [0.717, 1.165) is 0 Å². The molecule has 1 rings (SSSR count). The number of rotatable bonds is 6. The third kappa shape index (κ3) is 3.01.